The molecule has 31 heavy (non-hydrogen) atoms. The minimum absolute atomic E-state index is 0.0235. The van der Waals surface area contributed by atoms with Gasteiger partial charge in [0, 0.05) is 24.8 Å². The van der Waals surface area contributed by atoms with Crippen molar-refractivity contribution in [2.75, 3.05) is 18.4 Å². The molecule has 3 aromatic rings. The van der Waals surface area contributed by atoms with Crippen molar-refractivity contribution in [2.24, 2.45) is 0 Å². The summed E-state index contributed by atoms with van der Waals surface area (Å²) in [6, 6.07) is 22.1. The van der Waals surface area contributed by atoms with Gasteiger partial charge in [0.25, 0.3) is 15.9 Å². The lowest BCUT2D eigenvalue weighted by Gasteiger charge is -2.18. The molecule has 0 radical (unpaired) electrons. The Morgan fingerprint density at radius 2 is 1.77 bits per heavy atom. The number of rotatable bonds is 9. The van der Waals surface area contributed by atoms with Crippen molar-refractivity contribution in [2.45, 2.75) is 11.4 Å². The summed E-state index contributed by atoms with van der Waals surface area (Å²) in [6.07, 6.45) is 1.66. The second kappa shape index (κ2) is 9.95. The Balaban J connectivity index is 1.74. The topological polar surface area (TPSA) is 75.7 Å². The lowest BCUT2D eigenvalue weighted by molar-refractivity contribution is 0.0784. The zero-order valence-corrected chi connectivity index (χ0v) is 18.0. The van der Waals surface area contributed by atoms with Gasteiger partial charge >= 0.3 is 0 Å². The summed E-state index contributed by atoms with van der Waals surface area (Å²) in [4.78, 5) is 14.5. The van der Waals surface area contributed by atoms with Crippen LogP contribution in [-0.2, 0) is 16.6 Å². The molecule has 0 unspecified atom stereocenters. The zero-order chi connectivity index (χ0) is 22.3. The van der Waals surface area contributed by atoms with E-state index in [-0.39, 0.29) is 16.4 Å². The highest BCUT2D eigenvalue weighted by molar-refractivity contribution is 7.92. The van der Waals surface area contributed by atoms with Crippen LogP contribution in [0.15, 0.2) is 96.4 Å². The van der Waals surface area contributed by atoms with Crippen molar-refractivity contribution in [1.29, 1.82) is 0 Å². The molecule has 1 amide bonds. The Morgan fingerprint density at radius 3 is 2.52 bits per heavy atom. The van der Waals surface area contributed by atoms with Crippen molar-refractivity contribution in [3.63, 3.8) is 0 Å². The third kappa shape index (κ3) is 5.96. The average Bonchev–Trinajstić information content (AvgIpc) is 2.78. The Morgan fingerprint density at radius 1 is 1.03 bits per heavy atom. The van der Waals surface area contributed by atoms with Gasteiger partial charge in [0.2, 0.25) is 0 Å². The number of para-hydroxylation sites is 1. The van der Waals surface area contributed by atoms with E-state index in [1.807, 2.05) is 24.3 Å². The molecule has 160 valence electrons. The highest BCUT2D eigenvalue weighted by atomic mass is 32.2. The maximum atomic E-state index is 12.9. The molecule has 0 fully saturated rings. The first kappa shape index (κ1) is 22.1. The molecule has 0 aliphatic rings. The summed E-state index contributed by atoms with van der Waals surface area (Å²) < 4.78 is 33.5. The highest BCUT2D eigenvalue weighted by Gasteiger charge is 2.18. The number of hydrogen-bond acceptors (Lipinski definition) is 4. The first-order valence-corrected chi connectivity index (χ1v) is 11.1. The van der Waals surface area contributed by atoms with Crippen LogP contribution in [0.4, 0.5) is 5.69 Å². The van der Waals surface area contributed by atoms with Crippen LogP contribution in [0.3, 0.4) is 0 Å². The van der Waals surface area contributed by atoms with Gasteiger partial charge < -0.3 is 9.64 Å². The van der Waals surface area contributed by atoms with Gasteiger partial charge in [0.1, 0.15) is 12.4 Å². The summed E-state index contributed by atoms with van der Waals surface area (Å²) >= 11 is 0. The molecule has 0 aromatic heterocycles. The number of sulfonamides is 1. The van der Waals surface area contributed by atoms with Crippen molar-refractivity contribution >= 4 is 21.6 Å². The van der Waals surface area contributed by atoms with E-state index >= 15 is 0 Å². The van der Waals surface area contributed by atoms with Crippen molar-refractivity contribution < 1.29 is 17.9 Å². The van der Waals surface area contributed by atoms with Crippen LogP contribution in [0.25, 0.3) is 0 Å². The van der Waals surface area contributed by atoms with E-state index in [1.165, 1.54) is 17.0 Å². The first-order chi connectivity index (χ1) is 14.9. The summed E-state index contributed by atoms with van der Waals surface area (Å²) in [6.45, 7) is 4.38. The molecule has 0 aliphatic heterocycles. The predicted octanol–water partition coefficient (Wildman–Crippen LogP) is 4.32. The molecule has 7 heteroatoms. The van der Waals surface area contributed by atoms with Crippen molar-refractivity contribution in [3.05, 3.63) is 103 Å². The fourth-order valence-corrected chi connectivity index (χ4v) is 4.08. The van der Waals surface area contributed by atoms with E-state index in [0.717, 1.165) is 5.56 Å². The lowest BCUT2D eigenvalue weighted by Crippen LogP contribution is -2.26. The van der Waals surface area contributed by atoms with Gasteiger partial charge in [-0.15, -0.1) is 0 Å². The number of carbonyl (C=O) groups excluding carboxylic acids is 1. The smallest absolute Gasteiger partial charge is 0.261 e. The lowest BCUT2D eigenvalue weighted by atomic mass is 10.1. The molecule has 0 saturated carbocycles. The maximum Gasteiger partial charge on any atom is 0.261 e. The maximum absolute atomic E-state index is 12.9. The van der Waals surface area contributed by atoms with Crippen LogP contribution >= 0.6 is 0 Å². The number of ether oxygens (including phenoxy) is 1. The van der Waals surface area contributed by atoms with Gasteiger partial charge in [-0.05, 0) is 48.0 Å². The molecule has 0 spiro atoms. The number of anilines is 1. The molecule has 1 N–H and O–H groups in total. The van der Waals surface area contributed by atoms with Crippen LogP contribution in [0, 0.1) is 0 Å². The number of hydrogen-bond donors (Lipinski definition) is 1. The second-order valence-electron chi connectivity index (χ2n) is 6.91. The number of nitrogens with one attached hydrogen (secondary N) is 1. The standard InChI is InChI=1S/C24H24N2O4S/c1-3-15-30-22-13-7-9-19(16-22)18-26(2)24(27)20-10-8-14-23(17-20)31(28,29)25-21-11-5-4-6-12-21/h3-14,16-17,25H,1,15,18H2,2H3. The van der Waals surface area contributed by atoms with Crippen molar-refractivity contribution in [1.82, 2.24) is 4.90 Å². The van der Waals surface area contributed by atoms with Gasteiger partial charge in [0.15, 0.2) is 0 Å². The molecule has 0 saturated heterocycles. The van der Waals surface area contributed by atoms with Crippen molar-refractivity contribution in [3.8, 4) is 5.75 Å². The fraction of sp³-hybridized carbons (Fsp3) is 0.125. The summed E-state index contributed by atoms with van der Waals surface area (Å²) in [5.74, 6) is 0.410. The molecule has 0 aliphatic carbocycles. The minimum Gasteiger partial charge on any atom is -0.490 e. The number of nitrogens with zero attached hydrogens (tertiary/aromatic N) is 1. The van der Waals surface area contributed by atoms with E-state index in [2.05, 4.69) is 11.3 Å². The molecular weight excluding hydrogens is 412 g/mol. The third-order valence-electron chi connectivity index (χ3n) is 4.45. The zero-order valence-electron chi connectivity index (χ0n) is 17.2. The van der Waals surface area contributed by atoms with E-state index < -0.39 is 10.0 Å². The van der Waals surface area contributed by atoms with Gasteiger partial charge in [0.05, 0.1) is 4.90 Å². The molecule has 0 heterocycles. The van der Waals surface area contributed by atoms with E-state index in [9.17, 15) is 13.2 Å². The van der Waals surface area contributed by atoms with E-state index in [0.29, 0.717) is 24.6 Å². The van der Waals surface area contributed by atoms with Gasteiger partial charge in [-0.25, -0.2) is 8.42 Å². The highest BCUT2D eigenvalue weighted by Crippen LogP contribution is 2.19. The fourth-order valence-electron chi connectivity index (χ4n) is 2.97. The molecule has 0 bridgehead atoms. The summed E-state index contributed by atoms with van der Waals surface area (Å²) in [5.41, 5.74) is 1.64. The largest absolute Gasteiger partial charge is 0.490 e. The minimum atomic E-state index is -3.81. The number of benzene rings is 3. The SMILES string of the molecule is C=CCOc1cccc(CN(C)C(=O)c2cccc(S(=O)(=O)Nc3ccccc3)c2)c1. The van der Waals surface area contributed by atoms with Crippen LogP contribution < -0.4 is 9.46 Å². The monoisotopic (exact) mass is 436 g/mol. The molecule has 3 rings (SSSR count). The second-order valence-corrected chi connectivity index (χ2v) is 8.59. The normalized spacial score (nSPS) is 10.9. The van der Waals surface area contributed by atoms with E-state index in [4.69, 9.17) is 4.74 Å². The van der Waals surface area contributed by atoms with Gasteiger partial charge in [-0.2, -0.15) is 0 Å². The summed E-state index contributed by atoms with van der Waals surface area (Å²) in [5, 5.41) is 0. The van der Waals surface area contributed by atoms with Gasteiger partial charge in [-0.3, -0.25) is 9.52 Å². The van der Waals surface area contributed by atoms with Crippen LogP contribution in [0.5, 0.6) is 5.75 Å². The first-order valence-electron chi connectivity index (χ1n) is 9.65. The van der Waals surface area contributed by atoms with Crippen LogP contribution in [0.2, 0.25) is 0 Å². The average molecular weight is 437 g/mol. The Hall–Kier alpha value is -3.58. The number of carbonyl (C=O) groups is 1. The molecular formula is C24H24N2O4S. The van der Waals surface area contributed by atoms with Gasteiger partial charge in [-0.1, -0.05) is 49.1 Å². The van der Waals surface area contributed by atoms with E-state index in [1.54, 1.807) is 55.6 Å². The predicted molar refractivity (Wildman–Crippen MR) is 122 cm³/mol. The Kier molecular flexibility index (Phi) is 7.10. The Bertz CT molecular complexity index is 1160. The quantitative estimate of drug-likeness (QED) is 0.507. The van der Waals surface area contributed by atoms with Crippen LogP contribution in [-0.4, -0.2) is 32.9 Å². The molecule has 3 aromatic carbocycles. The molecule has 0 atom stereocenters. The van der Waals surface area contributed by atoms with Crippen LogP contribution in [0.1, 0.15) is 15.9 Å². The Labute approximate surface area is 182 Å². The summed E-state index contributed by atoms with van der Waals surface area (Å²) in [7, 11) is -2.14. The number of amides is 1. The third-order valence-corrected chi connectivity index (χ3v) is 5.83. The molecule has 6 nitrogen and oxygen atoms in total.